The molecule has 110 valence electrons. The molecular formula is C16H13F4N. The smallest absolute Gasteiger partial charge is 0.318 e. The maximum absolute atomic E-state index is 13.2. The fourth-order valence-corrected chi connectivity index (χ4v) is 2.93. The molecule has 2 N–H and O–H groups in total. The Morgan fingerprint density at radius 3 is 2.29 bits per heavy atom. The normalized spacial score (nSPS) is 21.4. The molecule has 0 aliphatic heterocycles. The topological polar surface area (TPSA) is 26.0 Å². The van der Waals surface area contributed by atoms with E-state index >= 15 is 0 Å². The molecule has 0 bridgehead atoms. The highest BCUT2D eigenvalue weighted by Gasteiger charge is 2.37. The van der Waals surface area contributed by atoms with E-state index in [4.69, 9.17) is 5.73 Å². The minimum Gasteiger partial charge on any atom is -0.318 e. The summed E-state index contributed by atoms with van der Waals surface area (Å²) < 4.78 is 51.0. The van der Waals surface area contributed by atoms with Crippen LogP contribution in [0.25, 0.3) is 0 Å². The monoisotopic (exact) mass is 295 g/mol. The van der Waals surface area contributed by atoms with Crippen LogP contribution in [0.1, 0.15) is 28.7 Å². The Morgan fingerprint density at radius 2 is 1.67 bits per heavy atom. The van der Waals surface area contributed by atoms with Crippen molar-refractivity contribution in [2.75, 3.05) is 0 Å². The Hall–Kier alpha value is -1.88. The number of rotatable bonds is 1. The number of fused-ring (bicyclic) bond motifs is 1. The van der Waals surface area contributed by atoms with Gasteiger partial charge in [0, 0.05) is 0 Å². The zero-order chi connectivity index (χ0) is 15.3. The van der Waals surface area contributed by atoms with Gasteiger partial charge in [0.2, 0.25) is 0 Å². The molecule has 0 saturated heterocycles. The fraction of sp³-hybridized carbons (Fsp3) is 0.250. The summed E-state index contributed by atoms with van der Waals surface area (Å²) in [6, 6.07) is 9.26. The quantitative estimate of drug-likeness (QED) is 0.791. The van der Waals surface area contributed by atoms with Crippen molar-refractivity contribution in [2.24, 2.45) is 5.73 Å². The van der Waals surface area contributed by atoms with Gasteiger partial charge in [0.25, 0.3) is 0 Å². The van der Waals surface area contributed by atoms with Crippen LogP contribution < -0.4 is 5.73 Å². The largest absolute Gasteiger partial charge is 0.416 e. The van der Waals surface area contributed by atoms with Crippen molar-refractivity contribution in [1.82, 2.24) is 0 Å². The molecule has 0 radical (unpaired) electrons. The molecule has 1 nitrogen and oxygen atoms in total. The van der Waals surface area contributed by atoms with Crippen LogP contribution in [0.2, 0.25) is 0 Å². The lowest BCUT2D eigenvalue weighted by Gasteiger charge is -2.26. The van der Waals surface area contributed by atoms with Crippen LogP contribution in [0.5, 0.6) is 0 Å². The van der Waals surface area contributed by atoms with Crippen LogP contribution in [0.4, 0.5) is 17.6 Å². The van der Waals surface area contributed by atoms with Gasteiger partial charge in [-0.05, 0) is 53.8 Å². The Balaban J connectivity index is 2.02. The second-order valence-corrected chi connectivity index (χ2v) is 5.35. The van der Waals surface area contributed by atoms with Gasteiger partial charge in [-0.25, -0.2) is 4.39 Å². The molecule has 1 aliphatic carbocycles. The maximum Gasteiger partial charge on any atom is 0.416 e. The highest BCUT2D eigenvalue weighted by atomic mass is 19.4. The molecular weight excluding hydrogens is 282 g/mol. The van der Waals surface area contributed by atoms with Gasteiger partial charge < -0.3 is 5.73 Å². The van der Waals surface area contributed by atoms with Gasteiger partial charge in [0.05, 0.1) is 11.1 Å². The number of benzene rings is 2. The molecule has 0 spiro atoms. The van der Waals surface area contributed by atoms with E-state index in [0.717, 1.165) is 23.3 Å². The van der Waals surface area contributed by atoms with Crippen molar-refractivity contribution in [3.8, 4) is 0 Å². The van der Waals surface area contributed by atoms with E-state index in [1.165, 1.54) is 24.3 Å². The average molecular weight is 295 g/mol. The van der Waals surface area contributed by atoms with Gasteiger partial charge in [-0.2, -0.15) is 13.2 Å². The molecule has 0 heterocycles. The summed E-state index contributed by atoms with van der Waals surface area (Å²) in [6.07, 6.45) is -3.20. The molecule has 2 aromatic carbocycles. The number of nitrogens with two attached hydrogens (primary N) is 1. The lowest BCUT2D eigenvalue weighted by Crippen LogP contribution is -2.35. The number of hydrogen-bond acceptors (Lipinski definition) is 1. The predicted octanol–water partition coefficient (Wildman–Crippen LogP) is 3.99. The van der Waals surface area contributed by atoms with Crippen LogP contribution in [-0.2, 0) is 18.1 Å². The molecule has 21 heavy (non-hydrogen) atoms. The van der Waals surface area contributed by atoms with E-state index < -0.39 is 17.3 Å². The van der Waals surface area contributed by atoms with Crippen molar-refractivity contribution in [1.29, 1.82) is 0 Å². The van der Waals surface area contributed by atoms with E-state index in [-0.39, 0.29) is 5.82 Å². The first kappa shape index (κ1) is 14.1. The van der Waals surface area contributed by atoms with Crippen LogP contribution >= 0.6 is 0 Å². The number of aryl methyl sites for hydroxylation is 1. The summed E-state index contributed by atoms with van der Waals surface area (Å²) >= 11 is 0. The van der Waals surface area contributed by atoms with Crippen molar-refractivity contribution in [3.63, 3.8) is 0 Å². The third kappa shape index (κ3) is 2.31. The number of halogens is 4. The Kier molecular flexibility index (Phi) is 3.06. The zero-order valence-electron chi connectivity index (χ0n) is 11.0. The van der Waals surface area contributed by atoms with Gasteiger partial charge in [0.1, 0.15) is 5.82 Å². The van der Waals surface area contributed by atoms with E-state index in [2.05, 4.69) is 0 Å². The summed E-state index contributed by atoms with van der Waals surface area (Å²) in [5, 5.41) is 0. The molecule has 0 aromatic heterocycles. The zero-order valence-corrected chi connectivity index (χ0v) is 11.0. The van der Waals surface area contributed by atoms with Gasteiger partial charge in [-0.1, -0.05) is 18.2 Å². The number of hydrogen-bond donors (Lipinski definition) is 1. The first-order valence-electron chi connectivity index (χ1n) is 6.56. The molecule has 1 unspecified atom stereocenters. The SMILES string of the molecule is NC1(c2ccc(C(F)(F)F)cc2)CCc2cc(F)ccc21. The molecule has 0 saturated carbocycles. The fourth-order valence-electron chi connectivity index (χ4n) is 2.93. The van der Waals surface area contributed by atoms with Gasteiger partial charge in [-0.3, -0.25) is 0 Å². The van der Waals surface area contributed by atoms with Crippen molar-refractivity contribution in [2.45, 2.75) is 24.6 Å². The second kappa shape index (κ2) is 4.56. The van der Waals surface area contributed by atoms with Crippen molar-refractivity contribution < 1.29 is 17.6 Å². The summed E-state index contributed by atoms with van der Waals surface area (Å²) in [6.45, 7) is 0. The number of alkyl halides is 3. The first-order chi connectivity index (χ1) is 9.80. The Morgan fingerprint density at radius 1 is 1.00 bits per heavy atom. The summed E-state index contributed by atoms with van der Waals surface area (Å²) in [5.74, 6) is -0.328. The molecule has 0 amide bonds. The van der Waals surface area contributed by atoms with Gasteiger partial charge in [-0.15, -0.1) is 0 Å². The summed E-state index contributed by atoms with van der Waals surface area (Å²) in [5.41, 5.74) is 7.05. The van der Waals surface area contributed by atoms with Crippen LogP contribution in [0.15, 0.2) is 42.5 Å². The van der Waals surface area contributed by atoms with Crippen molar-refractivity contribution >= 4 is 0 Å². The highest BCUT2D eigenvalue weighted by molar-refractivity contribution is 5.47. The Bertz CT molecular complexity index is 676. The lowest BCUT2D eigenvalue weighted by atomic mass is 9.85. The van der Waals surface area contributed by atoms with E-state index in [9.17, 15) is 17.6 Å². The van der Waals surface area contributed by atoms with Crippen molar-refractivity contribution in [3.05, 3.63) is 70.5 Å². The predicted molar refractivity (Wildman–Crippen MR) is 71.1 cm³/mol. The second-order valence-electron chi connectivity index (χ2n) is 5.35. The third-order valence-electron chi connectivity index (χ3n) is 4.06. The summed E-state index contributed by atoms with van der Waals surface area (Å²) in [7, 11) is 0. The van der Waals surface area contributed by atoms with E-state index in [1.807, 2.05) is 0 Å². The van der Waals surface area contributed by atoms with E-state index in [1.54, 1.807) is 6.07 Å². The lowest BCUT2D eigenvalue weighted by molar-refractivity contribution is -0.137. The molecule has 5 heteroatoms. The standard InChI is InChI=1S/C16H13F4N/c17-13-5-6-14-10(9-13)7-8-15(14,21)11-1-3-12(4-2-11)16(18,19)20/h1-6,9H,7-8,21H2. The van der Waals surface area contributed by atoms with Crippen LogP contribution in [0.3, 0.4) is 0 Å². The van der Waals surface area contributed by atoms with Gasteiger partial charge in [0.15, 0.2) is 0 Å². The maximum atomic E-state index is 13.2. The highest BCUT2D eigenvalue weighted by Crippen LogP contribution is 2.41. The van der Waals surface area contributed by atoms with Gasteiger partial charge >= 0.3 is 6.18 Å². The molecule has 0 fully saturated rings. The first-order valence-corrected chi connectivity index (χ1v) is 6.56. The Labute approximate surface area is 119 Å². The van der Waals surface area contributed by atoms with Crippen LogP contribution in [-0.4, -0.2) is 0 Å². The summed E-state index contributed by atoms with van der Waals surface area (Å²) in [4.78, 5) is 0. The molecule has 1 aliphatic rings. The average Bonchev–Trinajstić information content (AvgIpc) is 2.76. The third-order valence-corrected chi connectivity index (χ3v) is 4.06. The molecule has 3 rings (SSSR count). The van der Waals surface area contributed by atoms with Crippen LogP contribution in [0, 0.1) is 5.82 Å². The molecule has 1 atom stereocenters. The minimum atomic E-state index is -4.36. The minimum absolute atomic E-state index is 0.328. The molecule has 2 aromatic rings. The van der Waals surface area contributed by atoms with E-state index in [0.29, 0.717) is 18.4 Å².